The second-order valence-electron chi connectivity index (χ2n) is 4.10. The lowest BCUT2D eigenvalue weighted by atomic mass is 10.1. The lowest BCUT2D eigenvalue weighted by Crippen LogP contribution is -2.48. The van der Waals surface area contributed by atoms with Crippen molar-refractivity contribution in [3.63, 3.8) is 0 Å². The smallest absolute Gasteiger partial charge is 0.255 e. The van der Waals surface area contributed by atoms with E-state index in [0.717, 1.165) is 4.47 Å². The summed E-state index contributed by atoms with van der Waals surface area (Å²) in [5, 5.41) is 0.457. The third-order valence-electron chi connectivity index (χ3n) is 2.85. The molecular weight excluding hydrogens is 320 g/mol. The Morgan fingerprint density at radius 3 is 3.11 bits per heavy atom. The number of hydrogen-bond acceptors (Lipinski definition) is 3. The molecule has 6 heteroatoms. The minimum absolute atomic E-state index is 0.0805. The van der Waals surface area contributed by atoms with E-state index in [1.165, 1.54) is 0 Å². The molecule has 4 nitrogen and oxygen atoms in total. The Morgan fingerprint density at radius 2 is 2.39 bits per heavy atom. The molecule has 1 unspecified atom stereocenters. The van der Waals surface area contributed by atoms with Gasteiger partial charge in [-0.2, -0.15) is 0 Å². The van der Waals surface area contributed by atoms with E-state index in [9.17, 15) is 4.79 Å². The molecule has 1 aromatic rings. The van der Waals surface area contributed by atoms with Crippen LogP contribution in [-0.4, -0.2) is 43.2 Å². The maximum Gasteiger partial charge on any atom is 0.255 e. The minimum atomic E-state index is -0.0892. The van der Waals surface area contributed by atoms with Gasteiger partial charge in [-0.25, -0.2) is 0 Å². The Kier molecular flexibility index (Phi) is 4.61. The van der Waals surface area contributed by atoms with Crippen molar-refractivity contribution in [2.75, 3.05) is 26.2 Å². The van der Waals surface area contributed by atoms with Gasteiger partial charge < -0.3 is 15.4 Å². The van der Waals surface area contributed by atoms with Crippen LogP contribution in [0.3, 0.4) is 0 Å². The van der Waals surface area contributed by atoms with Crippen molar-refractivity contribution in [3.8, 4) is 0 Å². The fourth-order valence-electron chi connectivity index (χ4n) is 1.88. The first-order valence-electron chi connectivity index (χ1n) is 5.68. The molecule has 1 aliphatic rings. The van der Waals surface area contributed by atoms with Crippen LogP contribution < -0.4 is 5.73 Å². The van der Waals surface area contributed by atoms with Gasteiger partial charge in [-0.3, -0.25) is 4.79 Å². The highest BCUT2D eigenvalue weighted by Gasteiger charge is 2.25. The molecule has 0 aliphatic carbocycles. The maximum atomic E-state index is 12.4. The molecule has 0 spiro atoms. The Bertz CT molecular complexity index is 456. The molecule has 1 heterocycles. The average Bonchev–Trinajstić information content (AvgIpc) is 2.41. The molecule has 2 N–H and O–H groups in total. The number of rotatable bonds is 2. The highest BCUT2D eigenvalue weighted by Crippen LogP contribution is 2.23. The van der Waals surface area contributed by atoms with Crippen LogP contribution in [0.1, 0.15) is 10.4 Å². The van der Waals surface area contributed by atoms with E-state index in [-0.39, 0.29) is 12.0 Å². The summed E-state index contributed by atoms with van der Waals surface area (Å²) in [6.45, 7) is 2.01. The molecule has 18 heavy (non-hydrogen) atoms. The SMILES string of the molecule is NCC1CN(C(=O)c2cc(Br)ccc2Cl)CCO1. The van der Waals surface area contributed by atoms with Crippen molar-refractivity contribution in [3.05, 3.63) is 33.3 Å². The number of amides is 1. The largest absolute Gasteiger partial charge is 0.373 e. The molecule has 0 radical (unpaired) electrons. The minimum Gasteiger partial charge on any atom is -0.373 e. The Labute approximate surface area is 119 Å². The third-order valence-corrected chi connectivity index (χ3v) is 3.67. The van der Waals surface area contributed by atoms with Crippen LogP contribution in [-0.2, 0) is 4.74 Å². The van der Waals surface area contributed by atoms with Crippen molar-refractivity contribution in [2.24, 2.45) is 5.73 Å². The zero-order chi connectivity index (χ0) is 13.1. The van der Waals surface area contributed by atoms with E-state index in [4.69, 9.17) is 22.1 Å². The molecule has 0 bridgehead atoms. The van der Waals surface area contributed by atoms with Crippen molar-refractivity contribution in [1.82, 2.24) is 4.90 Å². The van der Waals surface area contributed by atoms with Gasteiger partial charge in [0.2, 0.25) is 0 Å². The number of carbonyl (C=O) groups is 1. The number of nitrogens with two attached hydrogens (primary N) is 1. The third kappa shape index (κ3) is 3.03. The summed E-state index contributed by atoms with van der Waals surface area (Å²) in [5.74, 6) is -0.0805. The van der Waals surface area contributed by atoms with Crippen LogP contribution in [0.4, 0.5) is 0 Å². The van der Waals surface area contributed by atoms with Gasteiger partial charge >= 0.3 is 0 Å². The van der Waals surface area contributed by atoms with Crippen LogP contribution in [0.25, 0.3) is 0 Å². The highest BCUT2D eigenvalue weighted by atomic mass is 79.9. The molecule has 1 fully saturated rings. The molecule has 1 atom stereocenters. The molecule has 0 saturated carbocycles. The zero-order valence-corrected chi connectivity index (χ0v) is 12.1. The van der Waals surface area contributed by atoms with Crippen LogP contribution in [0.2, 0.25) is 5.02 Å². The predicted octanol–water partition coefficient (Wildman–Crippen LogP) is 1.90. The van der Waals surface area contributed by atoms with Crippen LogP contribution >= 0.6 is 27.5 Å². The zero-order valence-electron chi connectivity index (χ0n) is 9.73. The molecule has 2 rings (SSSR count). The molecule has 0 aromatic heterocycles. The van der Waals surface area contributed by atoms with E-state index in [0.29, 0.717) is 36.8 Å². The van der Waals surface area contributed by atoms with Gasteiger partial charge in [0.1, 0.15) is 0 Å². The van der Waals surface area contributed by atoms with Gasteiger partial charge in [-0.15, -0.1) is 0 Å². The van der Waals surface area contributed by atoms with Gasteiger partial charge in [-0.05, 0) is 18.2 Å². The second-order valence-corrected chi connectivity index (χ2v) is 5.43. The van der Waals surface area contributed by atoms with Gasteiger partial charge in [0.15, 0.2) is 0 Å². The quantitative estimate of drug-likeness (QED) is 0.899. The molecule has 1 amide bonds. The topological polar surface area (TPSA) is 55.6 Å². The molecule has 1 aliphatic heterocycles. The van der Waals surface area contributed by atoms with Crippen LogP contribution in [0, 0.1) is 0 Å². The summed E-state index contributed by atoms with van der Waals surface area (Å²) in [5.41, 5.74) is 6.07. The Hall–Kier alpha value is -0.620. The van der Waals surface area contributed by atoms with Crippen molar-refractivity contribution in [2.45, 2.75) is 6.10 Å². The Morgan fingerprint density at radius 1 is 1.61 bits per heavy atom. The number of ether oxygens (including phenoxy) is 1. The number of morpholine rings is 1. The summed E-state index contributed by atoms with van der Waals surface area (Å²) in [6.07, 6.45) is -0.0892. The van der Waals surface area contributed by atoms with Crippen molar-refractivity contribution in [1.29, 1.82) is 0 Å². The van der Waals surface area contributed by atoms with E-state index >= 15 is 0 Å². The number of halogens is 2. The summed E-state index contributed by atoms with van der Waals surface area (Å²) < 4.78 is 6.27. The normalized spacial score (nSPS) is 19.9. The van der Waals surface area contributed by atoms with Gasteiger partial charge in [0.25, 0.3) is 5.91 Å². The fourth-order valence-corrected chi connectivity index (χ4v) is 2.44. The van der Waals surface area contributed by atoms with Crippen LogP contribution in [0.5, 0.6) is 0 Å². The first kappa shape index (κ1) is 13.8. The molecular formula is C12H14BrClN2O2. The number of nitrogens with zero attached hydrogens (tertiary/aromatic N) is 1. The maximum absolute atomic E-state index is 12.4. The highest BCUT2D eigenvalue weighted by molar-refractivity contribution is 9.10. The standard InChI is InChI=1S/C12H14BrClN2O2/c13-8-1-2-11(14)10(5-8)12(17)16-3-4-18-9(6-15)7-16/h1-2,5,9H,3-4,6-7,15H2. The van der Waals surface area contributed by atoms with E-state index in [2.05, 4.69) is 15.9 Å². The van der Waals surface area contributed by atoms with Gasteiger partial charge in [-0.1, -0.05) is 27.5 Å². The number of hydrogen-bond donors (Lipinski definition) is 1. The summed E-state index contributed by atoms with van der Waals surface area (Å²) in [7, 11) is 0. The van der Waals surface area contributed by atoms with Gasteiger partial charge in [0, 0.05) is 24.1 Å². The van der Waals surface area contributed by atoms with E-state index in [1.54, 1.807) is 23.1 Å². The van der Waals surface area contributed by atoms with E-state index < -0.39 is 0 Å². The molecule has 1 aromatic carbocycles. The first-order chi connectivity index (χ1) is 8.61. The fraction of sp³-hybridized carbons (Fsp3) is 0.417. The lowest BCUT2D eigenvalue weighted by molar-refractivity contribution is -0.0167. The second kappa shape index (κ2) is 6.02. The van der Waals surface area contributed by atoms with Crippen LogP contribution in [0.15, 0.2) is 22.7 Å². The first-order valence-corrected chi connectivity index (χ1v) is 6.85. The monoisotopic (exact) mass is 332 g/mol. The number of benzene rings is 1. The average molecular weight is 334 g/mol. The predicted molar refractivity (Wildman–Crippen MR) is 73.8 cm³/mol. The molecule has 1 saturated heterocycles. The number of carbonyl (C=O) groups excluding carboxylic acids is 1. The molecule has 98 valence electrons. The van der Waals surface area contributed by atoms with Crippen molar-refractivity contribution >= 4 is 33.4 Å². The summed E-state index contributed by atoms with van der Waals surface area (Å²) in [4.78, 5) is 14.1. The summed E-state index contributed by atoms with van der Waals surface area (Å²) >= 11 is 9.40. The van der Waals surface area contributed by atoms with Crippen molar-refractivity contribution < 1.29 is 9.53 Å². The Balaban J connectivity index is 2.17. The summed E-state index contributed by atoms with van der Waals surface area (Å²) in [6, 6.07) is 5.25. The lowest BCUT2D eigenvalue weighted by Gasteiger charge is -2.32. The van der Waals surface area contributed by atoms with E-state index in [1.807, 2.05) is 0 Å². The van der Waals surface area contributed by atoms with Gasteiger partial charge in [0.05, 0.1) is 23.3 Å².